The molecule has 0 aliphatic heterocycles. The molecule has 9 nitrogen and oxygen atoms in total. The summed E-state index contributed by atoms with van der Waals surface area (Å²) in [5.41, 5.74) is -6.58. The minimum absolute atomic E-state index is 0.0434. The van der Waals surface area contributed by atoms with Gasteiger partial charge in [-0.1, -0.05) is 11.6 Å². The van der Waals surface area contributed by atoms with E-state index < -0.39 is 37.6 Å². The molecule has 3 rings (SSSR count). The summed E-state index contributed by atoms with van der Waals surface area (Å²) in [5, 5.41) is 9.31. The van der Waals surface area contributed by atoms with Gasteiger partial charge in [-0.3, -0.25) is 14.3 Å². The Hall–Kier alpha value is -3.03. The molecule has 3 aromatic rings. The summed E-state index contributed by atoms with van der Waals surface area (Å²) in [6.45, 7) is 6.01. The first-order valence-corrected chi connectivity index (χ1v) is 11.3. The highest BCUT2D eigenvalue weighted by atomic mass is 35.5. The van der Waals surface area contributed by atoms with Crippen molar-refractivity contribution in [2.45, 2.75) is 38.8 Å². The number of hydrogen-bond acceptors (Lipinski definition) is 8. The number of alkyl halides is 3. The van der Waals surface area contributed by atoms with Crippen molar-refractivity contribution in [2.75, 3.05) is 0 Å². The summed E-state index contributed by atoms with van der Waals surface area (Å²) in [6.07, 6.45) is 2.87. The Morgan fingerprint density at radius 2 is 1.76 bits per heavy atom. The number of aliphatic hydroxyl groups is 1. The van der Waals surface area contributed by atoms with E-state index in [2.05, 4.69) is 19.1 Å². The highest BCUT2D eigenvalue weighted by Gasteiger charge is 2.49. The number of aromatic nitrogens is 4. The van der Waals surface area contributed by atoms with Gasteiger partial charge in [0.25, 0.3) is 5.56 Å². The normalized spacial score (nSPS) is 12.6. The van der Waals surface area contributed by atoms with Crippen LogP contribution in [0.4, 0.5) is 13.2 Å². The van der Waals surface area contributed by atoms with Gasteiger partial charge in [0.05, 0.1) is 17.1 Å². The van der Waals surface area contributed by atoms with Crippen LogP contribution < -0.4 is 9.74 Å². The number of hydrogen-bond donors (Lipinski definition) is 1. The molecule has 0 saturated carbocycles. The zero-order chi connectivity index (χ0) is 25.6. The Morgan fingerprint density at radius 1 is 1.12 bits per heavy atom. The number of aryl methyl sites for hydroxylation is 2. The summed E-state index contributed by atoms with van der Waals surface area (Å²) < 4.78 is 65.9. The molecule has 0 amide bonds. The largest absolute Gasteiger partial charge is 0.534 e. The standard InChI is InChI=1S/C20H18ClF3N4O5S/c1-10-9-26-13(12-5-6-25-18(27-12)19(3,4)30)8-14(10)28-11(2)7-15(16(21)17(28)29)33-34(31,32)20(22,23)24/h5-9,30H,1-4H3. The fourth-order valence-corrected chi connectivity index (χ4v) is 3.58. The van der Waals surface area contributed by atoms with Gasteiger partial charge in [0, 0.05) is 24.2 Å². The van der Waals surface area contributed by atoms with Crippen molar-refractivity contribution in [2.24, 2.45) is 0 Å². The van der Waals surface area contributed by atoms with Crippen molar-refractivity contribution in [3.8, 4) is 22.8 Å². The molecule has 14 heteroatoms. The fraction of sp³-hybridized carbons (Fsp3) is 0.300. The van der Waals surface area contributed by atoms with Gasteiger partial charge in [-0.15, -0.1) is 0 Å². The van der Waals surface area contributed by atoms with Crippen molar-refractivity contribution in [1.29, 1.82) is 0 Å². The number of rotatable bonds is 5. The number of halogens is 4. The lowest BCUT2D eigenvalue weighted by molar-refractivity contribution is -0.0500. The Morgan fingerprint density at radius 3 is 2.35 bits per heavy atom. The topological polar surface area (TPSA) is 124 Å². The van der Waals surface area contributed by atoms with Crippen molar-refractivity contribution < 1.29 is 30.9 Å². The average Bonchev–Trinajstić information content (AvgIpc) is 2.71. The molecular formula is C20H18ClF3N4O5S. The van der Waals surface area contributed by atoms with E-state index in [-0.39, 0.29) is 17.2 Å². The van der Waals surface area contributed by atoms with E-state index in [4.69, 9.17) is 11.6 Å². The van der Waals surface area contributed by atoms with Gasteiger partial charge in [-0.2, -0.15) is 21.6 Å². The number of pyridine rings is 2. The van der Waals surface area contributed by atoms with Gasteiger partial charge < -0.3 is 9.29 Å². The van der Waals surface area contributed by atoms with Crippen molar-refractivity contribution in [3.05, 3.63) is 63.1 Å². The van der Waals surface area contributed by atoms with E-state index >= 15 is 0 Å². The van der Waals surface area contributed by atoms with Crippen LogP contribution in [0.15, 0.2) is 35.4 Å². The maximum atomic E-state index is 12.9. The van der Waals surface area contributed by atoms with Gasteiger partial charge in [0.2, 0.25) is 0 Å². The second kappa shape index (κ2) is 8.64. The predicted octanol–water partition coefficient (Wildman–Crippen LogP) is 3.42. The van der Waals surface area contributed by atoms with Crippen LogP contribution in [-0.4, -0.2) is 38.6 Å². The second-order valence-corrected chi connectivity index (χ2v) is 9.68. The minimum Gasteiger partial charge on any atom is -0.382 e. The molecular weight excluding hydrogens is 501 g/mol. The molecule has 3 heterocycles. The van der Waals surface area contributed by atoms with E-state index in [1.165, 1.54) is 45.3 Å². The van der Waals surface area contributed by atoms with E-state index in [0.717, 1.165) is 10.6 Å². The van der Waals surface area contributed by atoms with E-state index in [0.29, 0.717) is 17.0 Å². The molecule has 0 aliphatic rings. The monoisotopic (exact) mass is 518 g/mol. The summed E-state index contributed by atoms with van der Waals surface area (Å²) >= 11 is 5.90. The zero-order valence-corrected chi connectivity index (χ0v) is 19.7. The lowest BCUT2D eigenvalue weighted by Crippen LogP contribution is -2.30. The Labute approximate surface area is 197 Å². The van der Waals surface area contributed by atoms with Crippen molar-refractivity contribution >= 4 is 21.7 Å². The third-order valence-corrected chi connectivity index (χ3v) is 5.88. The van der Waals surface area contributed by atoms with E-state index in [1.54, 1.807) is 6.92 Å². The first kappa shape index (κ1) is 25.6. The molecule has 0 fully saturated rings. The third kappa shape index (κ3) is 4.91. The first-order valence-electron chi connectivity index (χ1n) is 9.49. The van der Waals surface area contributed by atoms with Crippen LogP contribution in [0.3, 0.4) is 0 Å². The van der Waals surface area contributed by atoms with Crippen LogP contribution in [0.1, 0.15) is 30.9 Å². The zero-order valence-electron chi connectivity index (χ0n) is 18.2. The average molecular weight is 519 g/mol. The van der Waals surface area contributed by atoms with Gasteiger partial charge >= 0.3 is 15.6 Å². The Kier molecular flexibility index (Phi) is 6.50. The molecule has 3 aromatic heterocycles. The van der Waals surface area contributed by atoms with Gasteiger partial charge in [-0.25, -0.2) is 9.97 Å². The molecule has 0 bridgehead atoms. The summed E-state index contributed by atoms with van der Waals surface area (Å²) in [5.74, 6) is -0.812. The maximum Gasteiger partial charge on any atom is 0.534 e. The molecule has 1 N–H and O–H groups in total. The van der Waals surface area contributed by atoms with Crippen LogP contribution in [0.2, 0.25) is 5.02 Å². The van der Waals surface area contributed by atoms with Crippen molar-refractivity contribution in [3.63, 3.8) is 0 Å². The molecule has 0 saturated heterocycles. The minimum atomic E-state index is -6.03. The maximum absolute atomic E-state index is 12.9. The molecule has 34 heavy (non-hydrogen) atoms. The second-order valence-electron chi connectivity index (χ2n) is 7.77. The molecule has 0 radical (unpaired) electrons. The number of nitrogens with zero attached hydrogens (tertiary/aromatic N) is 4. The van der Waals surface area contributed by atoms with Crippen LogP contribution >= 0.6 is 11.6 Å². The fourth-order valence-electron chi connectivity index (χ4n) is 2.90. The van der Waals surface area contributed by atoms with Gasteiger partial charge in [0.15, 0.2) is 11.6 Å². The lowest BCUT2D eigenvalue weighted by Gasteiger charge is -2.18. The molecule has 0 spiro atoms. The summed E-state index contributed by atoms with van der Waals surface area (Å²) in [4.78, 5) is 25.5. The molecule has 182 valence electrons. The van der Waals surface area contributed by atoms with Crippen molar-refractivity contribution in [1.82, 2.24) is 19.5 Å². The quantitative estimate of drug-likeness (QED) is 0.402. The lowest BCUT2D eigenvalue weighted by atomic mass is 10.1. The van der Waals surface area contributed by atoms with Gasteiger partial charge in [0.1, 0.15) is 10.6 Å². The molecule has 0 aliphatic carbocycles. The highest BCUT2D eigenvalue weighted by molar-refractivity contribution is 7.88. The van der Waals surface area contributed by atoms with E-state index in [9.17, 15) is 31.5 Å². The first-order chi connectivity index (χ1) is 15.5. The van der Waals surface area contributed by atoms with Crippen LogP contribution in [0.25, 0.3) is 17.1 Å². The highest BCUT2D eigenvalue weighted by Crippen LogP contribution is 2.31. The summed E-state index contributed by atoms with van der Waals surface area (Å²) in [7, 11) is -6.03. The van der Waals surface area contributed by atoms with E-state index in [1.807, 2.05) is 0 Å². The smallest absolute Gasteiger partial charge is 0.382 e. The molecule has 0 aromatic carbocycles. The predicted molar refractivity (Wildman–Crippen MR) is 116 cm³/mol. The Bertz CT molecular complexity index is 1430. The SMILES string of the molecule is Cc1cnc(-c2ccnc(C(C)(C)O)n2)cc1-n1c(C)cc(OS(=O)(=O)C(F)(F)F)c(Cl)c1=O. The van der Waals surface area contributed by atoms with Crippen LogP contribution in [0, 0.1) is 13.8 Å². The van der Waals surface area contributed by atoms with Crippen LogP contribution in [0.5, 0.6) is 5.75 Å². The van der Waals surface area contributed by atoms with Gasteiger partial charge in [-0.05, 0) is 45.4 Å². The molecule has 0 atom stereocenters. The summed E-state index contributed by atoms with van der Waals surface area (Å²) in [6, 6.07) is 3.94. The molecule has 0 unspecified atom stereocenters. The Balaban J connectivity index is 2.15. The van der Waals surface area contributed by atoms with Crippen LogP contribution in [-0.2, 0) is 15.7 Å². The third-order valence-electron chi connectivity index (χ3n) is 4.56.